The number of benzene rings is 2. The average Bonchev–Trinajstić information content (AvgIpc) is 3.82. The van der Waals surface area contributed by atoms with Crippen molar-refractivity contribution in [3.05, 3.63) is 59.9 Å². The molecule has 3 aromatic rings. The standard InChI is InChI=1S/C38H52N8O8/c1-38(2,54)31-22-46(44-43-31)27-20-30(35(50)41-28(32(47)33(39)48)14-8-9-17-40-37(52)53)45(21-27)36(51)29(18-23-10-4-3-5-11-23)42-34(49)26-16-15-24-12-6-7-13-25(24)19-26/h6-7,12-13,15-16,19,22-23,27-30,32,40,47,54H,3-5,8-11,14,17-18,20-21H2,1-2H3,(H2,39,48)(H,41,50)(H,42,49)(H,52,53)/t27-,28?,29?,30+,32?/m1/s1. The Morgan fingerprint density at radius 3 is 2.39 bits per heavy atom. The van der Waals surface area contributed by atoms with Crippen LogP contribution in [0.1, 0.15) is 100 Å². The molecule has 1 saturated carbocycles. The van der Waals surface area contributed by atoms with Gasteiger partial charge in [0.1, 0.15) is 23.4 Å². The van der Waals surface area contributed by atoms with E-state index in [1.165, 1.54) is 9.58 Å². The average molecular weight is 749 g/mol. The summed E-state index contributed by atoms with van der Waals surface area (Å²) in [6, 6.07) is 9.30. The SMILES string of the molecule is CC(C)(O)c1cn([C@@H]2C[C@@H](C(=O)NC(CCCCNC(=O)O)C(O)C(N)=O)N(C(=O)C(CC3CCCCC3)NC(=O)c3ccc4ccccc4c3)C2)nn1. The fourth-order valence-corrected chi connectivity index (χ4v) is 7.45. The Balaban J connectivity index is 1.42. The third kappa shape index (κ3) is 10.3. The molecule has 2 aliphatic rings. The van der Waals surface area contributed by atoms with Crippen molar-refractivity contribution < 1.29 is 39.3 Å². The maximum absolute atomic E-state index is 14.7. The van der Waals surface area contributed by atoms with Gasteiger partial charge in [-0.25, -0.2) is 9.48 Å². The van der Waals surface area contributed by atoms with Gasteiger partial charge in [-0.05, 0) is 68.4 Å². The number of carbonyl (C=O) groups is 5. The third-order valence-corrected chi connectivity index (χ3v) is 10.5. The van der Waals surface area contributed by atoms with Crippen LogP contribution in [0.3, 0.4) is 0 Å². The van der Waals surface area contributed by atoms with Crippen LogP contribution in [-0.2, 0) is 20.0 Å². The molecule has 16 nitrogen and oxygen atoms in total. The maximum Gasteiger partial charge on any atom is 0.404 e. The highest BCUT2D eigenvalue weighted by molar-refractivity contribution is 6.01. The summed E-state index contributed by atoms with van der Waals surface area (Å²) in [7, 11) is 0. The van der Waals surface area contributed by atoms with Gasteiger partial charge in [0.2, 0.25) is 17.7 Å². The van der Waals surface area contributed by atoms with Crippen molar-refractivity contribution in [1.82, 2.24) is 35.8 Å². The summed E-state index contributed by atoms with van der Waals surface area (Å²) < 4.78 is 1.51. The number of hydrogen-bond donors (Lipinski definition) is 7. The Labute approximate surface area is 313 Å². The van der Waals surface area contributed by atoms with E-state index in [0.29, 0.717) is 30.5 Å². The number of rotatable bonds is 16. The van der Waals surface area contributed by atoms with Crippen LogP contribution < -0.4 is 21.7 Å². The van der Waals surface area contributed by atoms with E-state index >= 15 is 0 Å². The Bertz CT molecular complexity index is 1800. The molecule has 1 saturated heterocycles. The molecule has 292 valence electrons. The van der Waals surface area contributed by atoms with Crippen molar-refractivity contribution in [2.45, 2.75) is 114 Å². The van der Waals surface area contributed by atoms with E-state index in [4.69, 9.17) is 10.8 Å². The van der Waals surface area contributed by atoms with E-state index in [0.717, 1.165) is 42.9 Å². The van der Waals surface area contributed by atoms with Crippen molar-refractivity contribution >= 4 is 40.5 Å². The van der Waals surface area contributed by atoms with E-state index in [9.17, 15) is 34.2 Å². The molecule has 3 unspecified atom stereocenters. The van der Waals surface area contributed by atoms with Gasteiger partial charge in [0.15, 0.2) is 6.10 Å². The van der Waals surface area contributed by atoms with E-state index < -0.39 is 65.6 Å². The number of carboxylic acid groups (broad SMARTS) is 1. The minimum Gasteiger partial charge on any atom is -0.465 e. The number of hydrogen-bond acceptors (Lipinski definition) is 9. The Kier molecular flexibility index (Phi) is 13.2. The number of aliphatic hydroxyl groups is 2. The molecular weight excluding hydrogens is 696 g/mol. The molecule has 2 fully saturated rings. The number of unbranched alkanes of at least 4 members (excludes halogenated alkanes) is 1. The van der Waals surface area contributed by atoms with Crippen LogP contribution in [0, 0.1) is 5.92 Å². The molecule has 2 heterocycles. The predicted octanol–water partition coefficient (Wildman–Crippen LogP) is 2.34. The summed E-state index contributed by atoms with van der Waals surface area (Å²) in [6.07, 6.45) is 4.89. The number of amides is 5. The normalized spacial score (nSPS) is 19.5. The van der Waals surface area contributed by atoms with Crippen molar-refractivity contribution in [3.8, 4) is 0 Å². The molecule has 5 atom stereocenters. The van der Waals surface area contributed by atoms with Crippen LogP contribution >= 0.6 is 0 Å². The van der Waals surface area contributed by atoms with Gasteiger partial charge in [0.05, 0.1) is 18.3 Å². The quantitative estimate of drug-likeness (QED) is 0.106. The Hall–Kier alpha value is -5.09. The van der Waals surface area contributed by atoms with E-state index in [2.05, 4.69) is 26.3 Å². The predicted molar refractivity (Wildman–Crippen MR) is 198 cm³/mol. The molecule has 1 aliphatic heterocycles. The number of fused-ring (bicyclic) bond motifs is 1. The Morgan fingerprint density at radius 2 is 1.72 bits per heavy atom. The van der Waals surface area contributed by atoms with Crippen molar-refractivity contribution in [2.75, 3.05) is 13.1 Å². The lowest BCUT2D eigenvalue weighted by Crippen LogP contribution is -2.57. The number of carbonyl (C=O) groups excluding carboxylic acids is 4. The lowest BCUT2D eigenvalue weighted by atomic mass is 9.84. The second-order valence-corrected chi connectivity index (χ2v) is 15.1. The Morgan fingerprint density at radius 1 is 1.00 bits per heavy atom. The van der Waals surface area contributed by atoms with E-state index in [1.54, 1.807) is 32.2 Å². The van der Waals surface area contributed by atoms with Gasteiger partial charge in [0.25, 0.3) is 5.91 Å². The smallest absolute Gasteiger partial charge is 0.404 e. The number of nitrogens with one attached hydrogen (secondary N) is 3. The molecule has 5 rings (SSSR count). The summed E-state index contributed by atoms with van der Waals surface area (Å²) in [5.74, 6) is -2.37. The largest absolute Gasteiger partial charge is 0.465 e. The van der Waals surface area contributed by atoms with Crippen LogP contribution in [0.15, 0.2) is 48.7 Å². The van der Waals surface area contributed by atoms with Crippen LogP contribution in [0.25, 0.3) is 10.8 Å². The van der Waals surface area contributed by atoms with Gasteiger partial charge in [-0.15, -0.1) is 5.10 Å². The first-order valence-electron chi connectivity index (χ1n) is 18.7. The molecule has 2 aromatic carbocycles. The van der Waals surface area contributed by atoms with Gasteiger partial charge >= 0.3 is 6.09 Å². The highest BCUT2D eigenvalue weighted by atomic mass is 16.4. The number of nitrogens with two attached hydrogens (primary N) is 1. The summed E-state index contributed by atoms with van der Waals surface area (Å²) in [5.41, 5.74) is 4.83. The summed E-state index contributed by atoms with van der Waals surface area (Å²) in [6.45, 7) is 3.30. The zero-order valence-corrected chi connectivity index (χ0v) is 30.8. The van der Waals surface area contributed by atoms with Crippen LogP contribution in [0.4, 0.5) is 4.79 Å². The number of nitrogens with zero attached hydrogens (tertiary/aromatic N) is 4. The van der Waals surface area contributed by atoms with Crippen LogP contribution in [0.2, 0.25) is 0 Å². The van der Waals surface area contributed by atoms with Crippen molar-refractivity contribution in [1.29, 1.82) is 0 Å². The molecule has 54 heavy (non-hydrogen) atoms. The van der Waals surface area contributed by atoms with Gasteiger partial charge in [-0.3, -0.25) is 19.2 Å². The van der Waals surface area contributed by atoms with Crippen LogP contribution in [-0.4, -0.2) is 102 Å². The minimum absolute atomic E-state index is 0.0302. The molecule has 1 aliphatic carbocycles. The molecule has 16 heteroatoms. The van der Waals surface area contributed by atoms with Gasteiger partial charge < -0.3 is 41.9 Å². The first-order chi connectivity index (χ1) is 25.7. The molecular formula is C38H52N8O8. The van der Waals surface area contributed by atoms with Gasteiger partial charge in [-0.1, -0.05) is 67.6 Å². The third-order valence-electron chi connectivity index (χ3n) is 10.5. The fourth-order valence-electron chi connectivity index (χ4n) is 7.45. The van der Waals surface area contributed by atoms with Crippen molar-refractivity contribution in [3.63, 3.8) is 0 Å². The lowest BCUT2D eigenvalue weighted by Gasteiger charge is -2.32. The molecule has 0 spiro atoms. The highest BCUT2D eigenvalue weighted by Gasteiger charge is 2.45. The molecule has 5 amide bonds. The first-order valence-corrected chi connectivity index (χ1v) is 18.7. The summed E-state index contributed by atoms with van der Waals surface area (Å²) in [5, 5.41) is 48.2. The van der Waals surface area contributed by atoms with E-state index in [1.807, 2.05) is 30.3 Å². The topological polar surface area (TPSA) is 242 Å². The fraction of sp³-hybridized carbons (Fsp3) is 0.553. The van der Waals surface area contributed by atoms with Gasteiger partial charge in [-0.2, -0.15) is 0 Å². The molecule has 8 N–H and O–H groups in total. The van der Waals surface area contributed by atoms with Gasteiger partial charge in [0, 0.05) is 25.1 Å². The molecule has 0 radical (unpaired) electrons. The van der Waals surface area contributed by atoms with E-state index in [-0.39, 0.29) is 31.8 Å². The van der Waals surface area contributed by atoms with Crippen molar-refractivity contribution in [2.24, 2.45) is 11.7 Å². The number of primary amides is 1. The maximum atomic E-state index is 14.7. The zero-order chi connectivity index (χ0) is 39.0. The number of aromatic nitrogens is 3. The first kappa shape index (κ1) is 40.1. The number of aliphatic hydroxyl groups excluding tert-OH is 1. The zero-order valence-electron chi connectivity index (χ0n) is 30.8. The minimum atomic E-state index is -1.74. The number of likely N-dealkylation sites (tertiary alicyclic amines) is 1. The monoisotopic (exact) mass is 748 g/mol. The summed E-state index contributed by atoms with van der Waals surface area (Å²) >= 11 is 0. The highest BCUT2D eigenvalue weighted by Crippen LogP contribution is 2.32. The second-order valence-electron chi connectivity index (χ2n) is 15.1. The molecule has 0 bridgehead atoms. The molecule has 1 aromatic heterocycles. The lowest BCUT2D eigenvalue weighted by molar-refractivity contribution is -0.141. The summed E-state index contributed by atoms with van der Waals surface area (Å²) in [4.78, 5) is 67.1. The van der Waals surface area contributed by atoms with Crippen LogP contribution in [0.5, 0.6) is 0 Å². The second kappa shape index (κ2) is 17.8.